The fraction of sp³-hybridized carbons (Fsp3) is 0.286. The van der Waals surface area contributed by atoms with E-state index < -0.39 is 0 Å². The lowest BCUT2D eigenvalue weighted by atomic mass is 10.2. The maximum atomic E-state index is 12.6. The van der Waals surface area contributed by atoms with Crippen molar-refractivity contribution in [3.05, 3.63) is 65.2 Å². The average molecular weight is 432 g/mol. The average Bonchev–Trinajstić information content (AvgIpc) is 3.20. The highest BCUT2D eigenvalue weighted by Crippen LogP contribution is 2.29. The smallest absolute Gasteiger partial charge is 0.255 e. The molecule has 1 heterocycles. The first-order valence-corrected chi connectivity index (χ1v) is 9.64. The molecule has 27 heavy (non-hydrogen) atoms. The Kier molecular flexibility index (Phi) is 6.90. The molecule has 142 valence electrons. The second kappa shape index (κ2) is 9.58. The number of ether oxygens (including phenoxy) is 3. The van der Waals surface area contributed by atoms with E-state index in [0.717, 1.165) is 23.9 Å². The predicted molar refractivity (Wildman–Crippen MR) is 109 cm³/mol. The van der Waals surface area contributed by atoms with Crippen LogP contribution in [0.1, 0.15) is 23.2 Å². The lowest BCUT2D eigenvalue weighted by molar-refractivity contribution is 0.0677. The lowest BCUT2D eigenvalue weighted by Crippen LogP contribution is -2.17. The number of anilines is 1. The van der Waals surface area contributed by atoms with Crippen molar-refractivity contribution in [3.63, 3.8) is 0 Å². The number of benzene rings is 2. The van der Waals surface area contributed by atoms with Gasteiger partial charge in [-0.05, 0) is 59.1 Å². The zero-order chi connectivity index (χ0) is 19.1. The first-order valence-electron chi connectivity index (χ1n) is 8.85. The van der Waals surface area contributed by atoms with Crippen LogP contribution in [-0.4, -0.2) is 31.8 Å². The van der Waals surface area contributed by atoms with E-state index in [1.54, 1.807) is 36.4 Å². The Morgan fingerprint density at radius 3 is 2.85 bits per heavy atom. The summed E-state index contributed by atoms with van der Waals surface area (Å²) < 4.78 is 17.7. The van der Waals surface area contributed by atoms with E-state index in [0.29, 0.717) is 36.0 Å². The van der Waals surface area contributed by atoms with Crippen LogP contribution in [0.15, 0.2) is 59.6 Å². The fourth-order valence-corrected chi connectivity index (χ4v) is 3.25. The summed E-state index contributed by atoms with van der Waals surface area (Å²) in [4.78, 5) is 12.6. The summed E-state index contributed by atoms with van der Waals surface area (Å²) in [5.74, 6) is 1.06. The van der Waals surface area contributed by atoms with Crippen molar-refractivity contribution >= 4 is 27.5 Å². The molecule has 0 bridgehead atoms. The summed E-state index contributed by atoms with van der Waals surface area (Å²) in [6.45, 7) is 5.31. The van der Waals surface area contributed by atoms with Crippen LogP contribution in [0.3, 0.4) is 0 Å². The molecule has 3 rings (SSSR count). The molecule has 2 aromatic rings. The van der Waals surface area contributed by atoms with Gasteiger partial charge in [0.25, 0.3) is 5.91 Å². The third-order valence-corrected chi connectivity index (χ3v) is 4.75. The number of para-hydroxylation sites is 2. The number of amides is 1. The molecule has 1 fully saturated rings. The van der Waals surface area contributed by atoms with E-state index in [2.05, 4.69) is 27.8 Å². The van der Waals surface area contributed by atoms with E-state index in [1.165, 1.54) is 0 Å². The fourth-order valence-electron chi connectivity index (χ4n) is 2.76. The van der Waals surface area contributed by atoms with Crippen LogP contribution in [-0.2, 0) is 4.74 Å². The molecular formula is C21H22BrNO4. The minimum absolute atomic E-state index is 0.145. The Morgan fingerprint density at radius 1 is 1.26 bits per heavy atom. The molecule has 0 aliphatic carbocycles. The van der Waals surface area contributed by atoms with Gasteiger partial charge in [0.1, 0.15) is 24.7 Å². The first-order chi connectivity index (χ1) is 13.2. The summed E-state index contributed by atoms with van der Waals surface area (Å²) in [5, 5.41) is 2.88. The van der Waals surface area contributed by atoms with Gasteiger partial charge < -0.3 is 19.5 Å². The van der Waals surface area contributed by atoms with Gasteiger partial charge in [0.2, 0.25) is 0 Å². The maximum Gasteiger partial charge on any atom is 0.255 e. The predicted octanol–water partition coefficient (Wildman–Crippen LogP) is 4.82. The number of carbonyl (C=O) groups excluding carboxylic acids is 1. The Hall–Kier alpha value is -2.31. The standard InChI is InChI=1S/C21H22BrNO4/c1-2-11-26-20-8-4-3-7-18(20)23-21(24)15-9-10-19(17(22)13-15)27-14-16-6-5-12-25-16/h2-4,7-10,13,16H,1,5-6,11-12,14H2,(H,23,24). The zero-order valence-electron chi connectivity index (χ0n) is 14.9. The van der Waals surface area contributed by atoms with Crippen molar-refractivity contribution in [2.24, 2.45) is 0 Å². The Balaban J connectivity index is 1.65. The van der Waals surface area contributed by atoms with Crippen molar-refractivity contribution < 1.29 is 19.0 Å². The van der Waals surface area contributed by atoms with Crippen LogP contribution in [0.5, 0.6) is 11.5 Å². The van der Waals surface area contributed by atoms with Crippen LogP contribution >= 0.6 is 15.9 Å². The van der Waals surface area contributed by atoms with Crippen molar-refractivity contribution in [3.8, 4) is 11.5 Å². The number of nitrogens with one attached hydrogen (secondary N) is 1. The van der Waals surface area contributed by atoms with Gasteiger partial charge >= 0.3 is 0 Å². The topological polar surface area (TPSA) is 56.8 Å². The van der Waals surface area contributed by atoms with Gasteiger partial charge in [0.05, 0.1) is 16.3 Å². The normalized spacial score (nSPS) is 16.0. The summed E-state index contributed by atoms with van der Waals surface area (Å²) in [5.41, 5.74) is 1.13. The molecule has 5 nitrogen and oxygen atoms in total. The summed E-state index contributed by atoms with van der Waals surface area (Å²) in [7, 11) is 0. The van der Waals surface area contributed by atoms with Gasteiger partial charge in [-0.1, -0.05) is 24.8 Å². The second-order valence-corrected chi connectivity index (χ2v) is 7.00. The van der Waals surface area contributed by atoms with Crippen molar-refractivity contribution in [2.45, 2.75) is 18.9 Å². The van der Waals surface area contributed by atoms with Crippen molar-refractivity contribution in [1.82, 2.24) is 0 Å². The third-order valence-electron chi connectivity index (χ3n) is 4.13. The number of hydrogen-bond donors (Lipinski definition) is 1. The van der Waals surface area contributed by atoms with Crippen LogP contribution < -0.4 is 14.8 Å². The monoisotopic (exact) mass is 431 g/mol. The Morgan fingerprint density at radius 2 is 2.11 bits per heavy atom. The van der Waals surface area contributed by atoms with Gasteiger partial charge in [-0.2, -0.15) is 0 Å². The number of hydrogen-bond acceptors (Lipinski definition) is 4. The van der Waals surface area contributed by atoms with Crippen LogP contribution in [0, 0.1) is 0 Å². The first kappa shape index (κ1) is 19.5. The molecule has 1 atom stereocenters. The third kappa shape index (κ3) is 5.34. The SMILES string of the molecule is C=CCOc1ccccc1NC(=O)c1ccc(OCC2CCCO2)c(Br)c1. The van der Waals surface area contributed by atoms with Crippen LogP contribution in [0.4, 0.5) is 5.69 Å². The lowest BCUT2D eigenvalue weighted by Gasteiger charge is -2.14. The van der Waals surface area contributed by atoms with Gasteiger partial charge in [-0.3, -0.25) is 4.79 Å². The highest BCUT2D eigenvalue weighted by Gasteiger charge is 2.17. The Bertz CT molecular complexity index is 803. The molecule has 1 amide bonds. The highest BCUT2D eigenvalue weighted by atomic mass is 79.9. The van der Waals surface area contributed by atoms with E-state index in [1.807, 2.05) is 12.1 Å². The van der Waals surface area contributed by atoms with E-state index in [-0.39, 0.29) is 12.0 Å². The molecular weight excluding hydrogens is 410 g/mol. The molecule has 0 aromatic heterocycles. The largest absolute Gasteiger partial charge is 0.490 e. The summed E-state index contributed by atoms with van der Waals surface area (Å²) >= 11 is 3.48. The number of carbonyl (C=O) groups is 1. The molecule has 1 aliphatic heterocycles. The van der Waals surface area contributed by atoms with Gasteiger partial charge in [-0.25, -0.2) is 0 Å². The molecule has 1 saturated heterocycles. The van der Waals surface area contributed by atoms with E-state index in [9.17, 15) is 4.79 Å². The molecule has 0 saturated carbocycles. The van der Waals surface area contributed by atoms with Gasteiger partial charge in [0, 0.05) is 12.2 Å². The van der Waals surface area contributed by atoms with Crippen molar-refractivity contribution in [2.75, 3.05) is 25.1 Å². The quantitative estimate of drug-likeness (QED) is 0.608. The highest BCUT2D eigenvalue weighted by molar-refractivity contribution is 9.10. The number of halogens is 1. The van der Waals surface area contributed by atoms with Gasteiger partial charge in [-0.15, -0.1) is 0 Å². The maximum absolute atomic E-state index is 12.6. The van der Waals surface area contributed by atoms with E-state index in [4.69, 9.17) is 14.2 Å². The summed E-state index contributed by atoms with van der Waals surface area (Å²) in [6.07, 6.45) is 3.90. The number of rotatable bonds is 8. The molecule has 2 aromatic carbocycles. The van der Waals surface area contributed by atoms with Crippen molar-refractivity contribution in [1.29, 1.82) is 0 Å². The minimum atomic E-state index is -0.226. The van der Waals surface area contributed by atoms with Gasteiger partial charge in [0.15, 0.2) is 0 Å². The van der Waals surface area contributed by atoms with E-state index >= 15 is 0 Å². The summed E-state index contributed by atoms with van der Waals surface area (Å²) in [6, 6.07) is 12.6. The molecule has 1 unspecified atom stereocenters. The molecule has 6 heteroatoms. The zero-order valence-corrected chi connectivity index (χ0v) is 16.5. The minimum Gasteiger partial charge on any atom is -0.490 e. The second-order valence-electron chi connectivity index (χ2n) is 6.14. The molecule has 0 radical (unpaired) electrons. The van der Waals surface area contributed by atoms with Crippen LogP contribution in [0.2, 0.25) is 0 Å². The molecule has 1 aliphatic rings. The van der Waals surface area contributed by atoms with Crippen LogP contribution in [0.25, 0.3) is 0 Å². The Labute approximate surface area is 167 Å². The molecule has 0 spiro atoms. The molecule has 1 N–H and O–H groups in total.